The summed E-state index contributed by atoms with van der Waals surface area (Å²) < 4.78 is 10.5. The van der Waals surface area contributed by atoms with E-state index in [9.17, 15) is 9.90 Å². The quantitative estimate of drug-likeness (QED) is 0.0721. The summed E-state index contributed by atoms with van der Waals surface area (Å²) in [4.78, 5) is 21.9. The van der Waals surface area contributed by atoms with E-state index in [2.05, 4.69) is 13.5 Å². The first-order chi connectivity index (χ1) is 17.4. The van der Waals surface area contributed by atoms with Crippen LogP contribution in [0.25, 0.3) is 11.1 Å². The number of aryl methyl sites for hydroxylation is 1. The molecule has 0 aromatic heterocycles. The molecule has 0 aliphatic heterocycles. The second-order valence-electron chi connectivity index (χ2n) is 8.67. The standard InChI is InChI=1S/C28H38O8/c1-4-5-6-7-8-9-23-16-25(35-36-28(32)21(3)18-30)14-15-26(23)22-10-12-24(13-11-22)33-19-34-27(31)20(2)17-29/h10-16,20,28-30,32H,3-9,17-19H2,1-2H3. The van der Waals surface area contributed by atoms with E-state index in [0.29, 0.717) is 11.5 Å². The van der Waals surface area contributed by atoms with Crippen molar-refractivity contribution in [3.8, 4) is 22.6 Å². The van der Waals surface area contributed by atoms with Crippen molar-refractivity contribution in [3.05, 3.63) is 60.2 Å². The third-order valence-electron chi connectivity index (χ3n) is 5.68. The molecule has 3 N–H and O–H groups in total. The molecular weight excluding hydrogens is 464 g/mol. The number of ether oxygens (including phenoxy) is 2. The summed E-state index contributed by atoms with van der Waals surface area (Å²) in [5.41, 5.74) is 3.19. The lowest BCUT2D eigenvalue weighted by Gasteiger charge is -2.15. The van der Waals surface area contributed by atoms with Crippen molar-refractivity contribution in [1.29, 1.82) is 0 Å². The molecule has 0 spiro atoms. The summed E-state index contributed by atoms with van der Waals surface area (Å²) in [7, 11) is 0. The van der Waals surface area contributed by atoms with Gasteiger partial charge >= 0.3 is 5.97 Å². The first kappa shape index (κ1) is 29.3. The molecule has 2 aromatic rings. The third-order valence-corrected chi connectivity index (χ3v) is 5.68. The van der Waals surface area contributed by atoms with Crippen LogP contribution in [0.4, 0.5) is 0 Å². The predicted molar refractivity (Wildman–Crippen MR) is 136 cm³/mol. The normalized spacial score (nSPS) is 12.6. The maximum Gasteiger partial charge on any atom is 0.313 e. The van der Waals surface area contributed by atoms with Crippen molar-refractivity contribution < 1.29 is 39.4 Å². The maximum atomic E-state index is 11.6. The first-order valence-electron chi connectivity index (χ1n) is 12.3. The molecule has 2 aromatic carbocycles. The van der Waals surface area contributed by atoms with Gasteiger partial charge in [-0.25, -0.2) is 0 Å². The molecule has 0 heterocycles. The second-order valence-corrected chi connectivity index (χ2v) is 8.67. The number of benzene rings is 2. The van der Waals surface area contributed by atoms with Crippen molar-refractivity contribution in [2.24, 2.45) is 5.92 Å². The maximum absolute atomic E-state index is 11.6. The molecular formula is C28H38O8. The van der Waals surface area contributed by atoms with Gasteiger partial charge in [0.25, 0.3) is 0 Å². The van der Waals surface area contributed by atoms with Crippen LogP contribution in [0, 0.1) is 5.92 Å². The van der Waals surface area contributed by atoms with Gasteiger partial charge in [0, 0.05) is 5.57 Å². The first-order valence-corrected chi connectivity index (χ1v) is 12.3. The Hall–Kier alpha value is -2.91. The number of carbonyl (C=O) groups is 1. The highest BCUT2D eigenvalue weighted by Gasteiger charge is 2.14. The van der Waals surface area contributed by atoms with Gasteiger partial charge in [0.05, 0.1) is 19.1 Å². The molecule has 0 aliphatic rings. The average Bonchev–Trinajstić information content (AvgIpc) is 2.91. The fourth-order valence-corrected chi connectivity index (χ4v) is 3.38. The van der Waals surface area contributed by atoms with Crippen molar-refractivity contribution in [2.75, 3.05) is 20.0 Å². The molecule has 0 saturated heterocycles. The van der Waals surface area contributed by atoms with Crippen LogP contribution in [0.3, 0.4) is 0 Å². The molecule has 8 nitrogen and oxygen atoms in total. The monoisotopic (exact) mass is 502 g/mol. The molecule has 0 aliphatic carbocycles. The van der Waals surface area contributed by atoms with Crippen LogP contribution >= 0.6 is 0 Å². The van der Waals surface area contributed by atoms with E-state index in [1.165, 1.54) is 19.3 Å². The highest BCUT2D eigenvalue weighted by Crippen LogP contribution is 2.30. The van der Waals surface area contributed by atoms with Crippen molar-refractivity contribution in [3.63, 3.8) is 0 Å². The van der Waals surface area contributed by atoms with Crippen molar-refractivity contribution >= 4 is 5.97 Å². The summed E-state index contributed by atoms with van der Waals surface area (Å²) in [6, 6.07) is 13.0. The zero-order valence-electron chi connectivity index (χ0n) is 21.2. The Labute approximate surface area is 213 Å². The Balaban J connectivity index is 2.09. The largest absolute Gasteiger partial charge is 0.457 e. The Morgan fingerprint density at radius 1 is 1.00 bits per heavy atom. The van der Waals surface area contributed by atoms with Gasteiger partial charge in [0.15, 0.2) is 5.75 Å². The summed E-state index contributed by atoms with van der Waals surface area (Å²) in [6.45, 7) is 6.37. The van der Waals surface area contributed by atoms with Crippen LogP contribution in [0.1, 0.15) is 51.5 Å². The average molecular weight is 503 g/mol. The molecule has 8 heteroatoms. The second kappa shape index (κ2) is 16.0. The summed E-state index contributed by atoms with van der Waals surface area (Å²) in [5, 5.41) is 27.9. The Kier molecular flexibility index (Phi) is 13.0. The highest BCUT2D eigenvalue weighted by atomic mass is 17.2. The highest BCUT2D eigenvalue weighted by molar-refractivity contribution is 5.72. The smallest absolute Gasteiger partial charge is 0.313 e. The SMILES string of the molecule is C=C(CO)C(O)OOc1ccc(-c2ccc(OCOC(=O)C(C)CO)cc2)c(CCCCCCC)c1. The molecule has 0 bridgehead atoms. The summed E-state index contributed by atoms with van der Waals surface area (Å²) in [5.74, 6) is -0.121. The van der Waals surface area contributed by atoms with E-state index in [0.717, 1.165) is 36.0 Å². The number of aliphatic hydroxyl groups excluding tert-OH is 3. The molecule has 0 radical (unpaired) electrons. The van der Waals surface area contributed by atoms with Crippen LogP contribution in [0.2, 0.25) is 0 Å². The number of rotatable bonds is 17. The Bertz CT molecular complexity index is 941. The molecule has 36 heavy (non-hydrogen) atoms. The zero-order valence-corrected chi connectivity index (χ0v) is 21.2. The lowest BCUT2D eigenvalue weighted by atomic mass is 9.95. The Morgan fingerprint density at radius 2 is 1.69 bits per heavy atom. The van der Waals surface area contributed by atoms with E-state index in [4.69, 9.17) is 29.5 Å². The minimum absolute atomic E-state index is 0.0998. The fourth-order valence-electron chi connectivity index (χ4n) is 3.38. The molecule has 2 unspecified atom stereocenters. The van der Waals surface area contributed by atoms with Gasteiger partial charge in [0.1, 0.15) is 5.75 Å². The van der Waals surface area contributed by atoms with Crippen LogP contribution in [-0.2, 0) is 20.8 Å². The molecule has 0 fully saturated rings. The number of aliphatic hydroxyl groups is 3. The third kappa shape index (κ3) is 9.62. The van der Waals surface area contributed by atoms with Crippen LogP contribution in [-0.4, -0.2) is 47.6 Å². The van der Waals surface area contributed by atoms with E-state index < -0.39 is 24.8 Å². The van der Waals surface area contributed by atoms with Crippen LogP contribution in [0.15, 0.2) is 54.6 Å². The lowest BCUT2D eigenvalue weighted by Crippen LogP contribution is -2.20. The lowest BCUT2D eigenvalue weighted by molar-refractivity contribution is -0.292. The molecule has 2 atom stereocenters. The molecule has 0 saturated carbocycles. The van der Waals surface area contributed by atoms with E-state index in [1.807, 2.05) is 24.3 Å². The van der Waals surface area contributed by atoms with Crippen LogP contribution in [0.5, 0.6) is 11.5 Å². The van der Waals surface area contributed by atoms with Gasteiger partial charge in [-0.3, -0.25) is 4.79 Å². The van der Waals surface area contributed by atoms with Gasteiger partial charge in [-0.1, -0.05) is 57.4 Å². The van der Waals surface area contributed by atoms with Gasteiger partial charge < -0.3 is 29.7 Å². The summed E-state index contributed by atoms with van der Waals surface area (Å²) >= 11 is 0. The topological polar surface area (TPSA) is 115 Å². The zero-order chi connectivity index (χ0) is 26.3. The van der Waals surface area contributed by atoms with Crippen molar-refractivity contribution in [2.45, 2.75) is 58.7 Å². The minimum atomic E-state index is -1.43. The van der Waals surface area contributed by atoms with Gasteiger partial charge in [-0.15, -0.1) is 0 Å². The number of hydrogen-bond acceptors (Lipinski definition) is 8. The number of unbranched alkanes of at least 4 members (excludes halogenated alkanes) is 4. The minimum Gasteiger partial charge on any atom is -0.457 e. The van der Waals surface area contributed by atoms with Gasteiger partial charge in [0.2, 0.25) is 13.1 Å². The number of carbonyl (C=O) groups excluding carboxylic acids is 1. The van der Waals surface area contributed by atoms with Crippen molar-refractivity contribution in [1.82, 2.24) is 0 Å². The molecule has 0 amide bonds. The number of esters is 1. The van der Waals surface area contributed by atoms with E-state index >= 15 is 0 Å². The number of hydrogen-bond donors (Lipinski definition) is 3. The predicted octanol–water partition coefficient (Wildman–Crippen LogP) is 4.55. The molecule has 198 valence electrons. The molecule has 2 rings (SSSR count). The van der Waals surface area contributed by atoms with Gasteiger partial charge in [-0.05, 0) is 60.7 Å². The summed E-state index contributed by atoms with van der Waals surface area (Å²) in [6.07, 6.45) is 5.16. The Morgan fingerprint density at radius 3 is 2.36 bits per heavy atom. The fraction of sp³-hybridized carbons (Fsp3) is 0.464. The van der Waals surface area contributed by atoms with Gasteiger partial charge in [-0.2, -0.15) is 4.89 Å². The van der Waals surface area contributed by atoms with E-state index in [-0.39, 0.29) is 19.0 Å². The van der Waals surface area contributed by atoms with Crippen LogP contribution < -0.4 is 9.62 Å². The van der Waals surface area contributed by atoms with E-state index in [1.54, 1.807) is 25.1 Å².